The molecule has 3 heterocycles. The molecule has 1 aromatic heterocycles. The van der Waals surface area contributed by atoms with E-state index in [2.05, 4.69) is 440 Å². The number of anilines is 6. The molecular formula is C114H78BN5. The van der Waals surface area contributed by atoms with E-state index in [4.69, 9.17) is 6.57 Å². The number of nitriles is 1. The van der Waals surface area contributed by atoms with Crippen molar-refractivity contribution in [2.24, 2.45) is 0 Å². The first kappa shape index (κ1) is 72.1. The van der Waals surface area contributed by atoms with Crippen LogP contribution in [0.1, 0.15) is 31.9 Å². The van der Waals surface area contributed by atoms with Gasteiger partial charge in [-0.25, -0.2) is 4.85 Å². The molecule has 19 aromatic rings. The number of para-hydroxylation sites is 2. The molecule has 18 aromatic carbocycles. The molecular weight excluding hydrogens is 1450 g/mol. The Morgan fingerprint density at radius 3 is 0.975 bits per heavy atom. The average molecular weight is 1530 g/mol. The minimum Gasteiger partial charge on any atom is -0.310 e. The fourth-order valence-electron chi connectivity index (χ4n) is 18.5. The SMILES string of the molecule is [C-]#[N+]c1ccc(-c2cc(-c3cccc(-c4ccccc4)c3)c(N3c4cc(-n5c6ccccc6c6ccccc65)ccc4B4c5ccc(-c6ccccc6)cc5N(c5c(-c6cccc(-c7ccccc7)c6)cc(-c6ccc(C#N)cc6)cc5-c5cccc(-c6ccccc6)c5)c5cc(C(C)(C)C)cc3c54)c(-c3cccc(-c4ccccc4)c3)c2)cc1. The second kappa shape index (κ2) is 29.9. The van der Waals surface area contributed by atoms with Crippen molar-refractivity contribution in [3.8, 4) is 134 Å². The molecule has 0 fully saturated rings. The normalized spacial score (nSPS) is 12.1. The molecule has 0 saturated heterocycles. The van der Waals surface area contributed by atoms with Crippen molar-refractivity contribution in [2.45, 2.75) is 26.2 Å². The zero-order chi connectivity index (χ0) is 80.5. The van der Waals surface area contributed by atoms with Gasteiger partial charge < -0.3 is 14.4 Å². The highest BCUT2D eigenvalue weighted by molar-refractivity contribution is 7.00. The van der Waals surface area contributed by atoms with Gasteiger partial charge in [0.15, 0.2) is 5.69 Å². The van der Waals surface area contributed by atoms with Gasteiger partial charge in [-0.05, 0) is 231 Å². The fourth-order valence-corrected chi connectivity index (χ4v) is 18.5. The highest BCUT2D eigenvalue weighted by Gasteiger charge is 2.46. The van der Waals surface area contributed by atoms with Gasteiger partial charge in [-0.1, -0.05) is 336 Å². The summed E-state index contributed by atoms with van der Waals surface area (Å²) in [6.45, 7) is 14.9. The lowest BCUT2D eigenvalue weighted by Crippen LogP contribution is -2.61. The second-order valence-electron chi connectivity index (χ2n) is 32.5. The summed E-state index contributed by atoms with van der Waals surface area (Å²) in [5.41, 5.74) is 38.3. The van der Waals surface area contributed by atoms with Gasteiger partial charge in [-0.15, -0.1) is 0 Å². The van der Waals surface area contributed by atoms with E-state index in [1.165, 1.54) is 10.8 Å². The second-order valence-corrected chi connectivity index (χ2v) is 32.5. The summed E-state index contributed by atoms with van der Waals surface area (Å²) in [4.78, 5) is 9.30. The average Bonchev–Trinajstić information content (AvgIpc) is 0.752. The molecule has 6 heteroatoms. The van der Waals surface area contributed by atoms with E-state index in [-0.39, 0.29) is 6.71 Å². The number of hydrogen-bond donors (Lipinski definition) is 0. The van der Waals surface area contributed by atoms with Crippen molar-refractivity contribution in [1.29, 1.82) is 5.26 Å². The van der Waals surface area contributed by atoms with E-state index >= 15 is 0 Å². The molecule has 0 saturated carbocycles. The summed E-state index contributed by atoms with van der Waals surface area (Å²) in [5.74, 6) is 0. The van der Waals surface area contributed by atoms with Crippen LogP contribution in [0.3, 0.4) is 0 Å². The Kier molecular flexibility index (Phi) is 18.0. The predicted molar refractivity (Wildman–Crippen MR) is 504 cm³/mol. The topological polar surface area (TPSA) is 39.6 Å². The minimum atomic E-state index is -0.449. The summed E-state index contributed by atoms with van der Waals surface area (Å²) in [6, 6.07) is 156. The molecule has 0 atom stereocenters. The van der Waals surface area contributed by atoms with Gasteiger partial charge in [-0.2, -0.15) is 5.26 Å². The Labute approximate surface area is 701 Å². The van der Waals surface area contributed by atoms with Crippen LogP contribution in [-0.2, 0) is 5.41 Å². The third-order valence-corrected chi connectivity index (χ3v) is 24.3. The number of rotatable bonds is 14. The smallest absolute Gasteiger partial charge is 0.252 e. The van der Waals surface area contributed by atoms with Crippen LogP contribution in [0.25, 0.3) is 155 Å². The first-order valence-corrected chi connectivity index (χ1v) is 41.1. The monoisotopic (exact) mass is 1530 g/mol. The molecule has 0 aliphatic carbocycles. The van der Waals surface area contributed by atoms with Gasteiger partial charge in [0.1, 0.15) is 0 Å². The van der Waals surface area contributed by atoms with Crippen LogP contribution >= 0.6 is 0 Å². The molecule has 120 heavy (non-hydrogen) atoms. The molecule has 562 valence electrons. The molecule has 0 bridgehead atoms. The lowest BCUT2D eigenvalue weighted by molar-refractivity contribution is 0.590. The van der Waals surface area contributed by atoms with Crippen LogP contribution in [0.15, 0.2) is 419 Å². The van der Waals surface area contributed by atoms with Gasteiger partial charge in [0.25, 0.3) is 6.71 Å². The third-order valence-electron chi connectivity index (χ3n) is 24.3. The lowest BCUT2D eigenvalue weighted by Gasteiger charge is -2.46. The number of aromatic nitrogens is 1. The number of fused-ring (bicyclic) bond motifs is 7. The maximum absolute atomic E-state index is 10.4. The highest BCUT2D eigenvalue weighted by Crippen LogP contribution is 2.57. The van der Waals surface area contributed by atoms with Gasteiger partial charge in [0, 0.05) is 61.5 Å². The van der Waals surface area contributed by atoms with Crippen LogP contribution in [-0.4, -0.2) is 11.3 Å². The molecule has 2 aliphatic rings. The zero-order valence-electron chi connectivity index (χ0n) is 66.7. The Morgan fingerprint density at radius 2 is 0.600 bits per heavy atom. The van der Waals surface area contributed by atoms with Gasteiger partial charge in [0.2, 0.25) is 0 Å². The van der Waals surface area contributed by atoms with E-state index in [1.807, 2.05) is 24.3 Å². The van der Waals surface area contributed by atoms with Crippen LogP contribution in [0.2, 0.25) is 0 Å². The zero-order valence-corrected chi connectivity index (χ0v) is 66.7. The Hall–Kier alpha value is -15.6. The van der Waals surface area contributed by atoms with Crippen molar-refractivity contribution in [1.82, 2.24) is 4.57 Å². The van der Waals surface area contributed by atoms with Gasteiger partial charge in [-0.3, -0.25) is 0 Å². The molecule has 0 unspecified atom stereocenters. The standard InChI is InChI=1S/C114H78BN5/c1-114(2,3)94-71-109-111-110(72-94)120(113-101(90-44-26-40-85(64-90)78-32-14-7-15-33-78)68-93(82-54-57-95(117-4)58-55-82)69-102(113)91-45-27-41-86(65-91)79-34-16-8-17-35-79)108-73-96(118-105-48-22-20-46-97(105)98-47-21-23-49-106(98)118)59-61-104(108)115(111)103-60-56-87(80-36-18-9-19-37-80)70-107(103)119(109)112-99(88-42-24-38-83(62-88)76-28-10-5-11-29-76)66-92(81-52-50-75(74-116)51-53-81)67-100(112)89-43-25-39-84(63-89)77-30-12-6-13-31-77/h5-73H,1-3H3. The van der Waals surface area contributed by atoms with Crippen molar-refractivity contribution in [3.63, 3.8) is 0 Å². The lowest BCUT2D eigenvalue weighted by atomic mass is 9.33. The number of hydrogen-bond acceptors (Lipinski definition) is 3. The highest BCUT2D eigenvalue weighted by atomic mass is 15.2. The molecule has 0 N–H and O–H groups in total. The van der Waals surface area contributed by atoms with Crippen LogP contribution in [0, 0.1) is 17.9 Å². The number of nitrogens with zero attached hydrogens (tertiary/aromatic N) is 5. The Balaban J connectivity index is 0.946. The molecule has 0 amide bonds. The summed E-state index contributed by atoms with van der Waals surface area (Å²) in [5, 5.41) is 12.7. The molecule has 0 radical (unpaired) electrons. The van der Waals surface area contributed by atoms with E-state index in [1.54, 1.807) is 0 Å². The van der Waals surface area contributed by atoms with Crippen LogP contribution < -0.4 is 26.2 Å². The van der Waals surface area contributed by atoms with E-state index in [0.29, 0.717) is 11.3 Å². The van der Waals surface area contributed by atoms with Crippen LogP contribution in [0.5, 0.6) is 0 Å². The third kappa shape index (κ3) is 12.8. The molecule has 21 rings (SSSR count). The summed E-state index contributed by atoms with van der Waals surface area (Å²) >= 11 is 0. The van der Waals surface area contributed by atoms with E-state index in [0.717, 1.165) is 195 Å². The molecule has 2 aliphatic heterocycles. The summed E-state index contributed by atoms with van der Waals surface area (Å²) in [7, 11) is 0. The first-order chi connectivity index (χ1) is 59.0. The Bertz CT molecular complexity index is 7060. The van der Waals surface area contributed by atoms with E-state index < -0.39 is 5.41 Å². The maximum atomic E-state index is 10.4. The van der Waals surface area contributed by atoms with E-state index in [9.17, 15) is 5.26 Å². The maximum Gasteiger partial charge on any atom is 0.252 e. The van der Waals surface area contributed by atoms with Crippen molar-refractivity contribution in [3.05, 3.63) is 441 Å². The molecule has 0 spiro atoms. The quantitative estimate of drug-likeness (QED) is 0.0805. The van der Waals surface area contributed by atoms with Gasteiger partial charge in [0.05, 0.1) is 40.6 Å². The fraction of sp³-hybridized carbons (Fsp3) is 0.0351. The molecule has 5 nitrogen and oxygen atoms in total. The van der Waals surface area contributed by atoms with Crippen molar-refractivity contribution < 1.29 is 0 Å². The largest absolute Gasteiger partial charge is 0.310 e. The Morgan fingerprint density at radius 1 is 0.283 bits per heavy atom. The first-order valence-electron chi connectivity index (χ1n) is 41.1. The van der Waals surface area contributed by atoms with Gasteiger partial charge >= 0.3 is 0 Å². The minimum absolute atomic E-state index is 0.346. The number of benzene rings is 18. The van der Waals surface area contributed by atoms with Crippen molar-refractivity contribution in [2.75, 3.05) is 9.80 Å². The van der Waals surface area contributed by atoms with Crippen molar-refractivity contribution >= 4 is 84.7 Å². The summed E-state index contributed by atoms with van der Waals surface area (Å²) < 4.78 is 2.48. The predicted octanol–water partition coefficient (Wildman–Crippen LogP) is 28.9. The summed E-state index contributed by atoms with van der Waals surface area (Å²) in [6.07, 6.45) is 0. The van der Waals surface area contributed by atoms with Crippen LogP contribution in [0.4, 0.5) is 39.8 Å².